The number of nitro benzene ring substituents is 1. The van der Waals surface area contributed by atoms with Crippen molar-refractivity contribution in [3.05, 3.63) is 64.2 Å². The van der Waals surface area contributed by atoms with E-state index in [2.05, 4.69) is 4.98 Å². The summed E-state index contributed by atoms with van der Waals surface area (Å²) >= 11 is 0. The van der Waals surface area contributed by atoms with E-state index in [-0.39, 0.29) is 5.69 Å². The first kappa shape index (κ1) is 15.0. The standard InChI is InChI=1S/C16H15FN4O2/c1-19(14-8-7-11(17)9-15(14)21(22)23)10-16-18-12-5-3-4-6-13(12)20(16)2/h3-9H,10H2,1-2H3. The number of anilines is 1. The molecule has 0 radical (unpaired) electrons. The minimum absolute atomic E-state index is 0.258. The van der Waals surface area contributed by atoms with E-state index in [1.165, 1.54) is 12.1 Å². The zero-order chi connectivity index (χ0) is 16.6. The van der Waals surface area contributed by atoms with Crippen LogP contribution in [0.15, 0.2) is 42.5 Å². The SMILES string of the molecule is CN(Cc1nc2ccccc2n1C)c1ccc(F)cc1[N+](=O)[O-]. The van der Waals surface area contributed by atoms with Crippen molar-refractivity contribution in [3.63, 3.8) is 0 Å². The van der Waals surface area contributed by atoms with Crippen LogP contribution in [0.4, 0.5) is 15.8 Å². The van der Waals surface area contributed by atoms with Gasteiger partial charge in [-0.1, -0.05) is 12.1 Å². The lowest BCUT2D eigenvalue weighted by atomic mass is 10.2. The van der Waals surface area contributed by atoms with Gasteiger partial charge >= 0.3 is 0 Å². The van der Waals surface area contributed by atoms with Crippen LogP contribution in [0, 0.1) is 15.9 Å². The number of benzene rings is 2. The highest BCUT2D eigenvalue weighted by Crippen LogP contribution is 2.29. The zero-order valence-corrected chi connectivity index (χ0v) is 12.7. The fraction of sp³-hybridized carbons (Fsp3) is 0.188. The molecule has 0 spiro atoms. The maximum atomic E-state index is 13.3. The van der Waals surface area contributed by atoms with Gasteiger partial charge in [0.05, 0.1) is 28.6 Å². The van der Waals surface area contributed by atoms with E-state index in [9.17, 15) is 14.5 Å². The number of para-hydroxylation sites is 2. The Bertz CT molecular complexity index is 891. The molecule has 0 aliphatic rings. The predicted octanol–water partition coefficient (Wildman–Crippen LogP) is 3.26. The van der Waals surface area contributed by atoms with Crippen LogP contribution in [-0.4, -0.2) is 21.5 Å². The molecule has 6 nitrogen and oxygen atoms in total. The van der Waals surface area contributed by atoms with E-state index < -0.39 is 10.7 Å². The van der Waals surface area contributed by atoms with Gasteiger partial charge in [0.2, 0.25) is 0 Å². The van der Waals surface area contributed by atoms with Gasteiger partial charge in [-0.2, -0.15) is 0 Å². The quantitative estimate of drug-likeness (QED) is 0.548. The minimum Gasteiger partial charge on any atom is -0.362 e. The number of nitrogens with zero attached hydrogens (tertiary/aromatic N) is 4. The van der Waals surface area contributed by atoms with Crippen LogP contribution in [0.25, 0.3) is 11.0 Å². The average molecular weight is 314 g/mol. The number of hydrogen-bond donors (Lipinski definition) is 0. The Hall–Kier alpha value is -2.96. The lowest BCUT2D eigenvalue weighted by Gasteiger charge is -2.18. The lowest BCUT2D eigenvalue weighted by Crippen LogP contribution is -2.20. The first-order valence-corrected chi connectivity index (χ1v) is 7.03. The van der Waals surface area contributed by atoms with E-state index in [0.29, 0.717) is 12.2 Å². The highest BCUT2D eigenvalue weighted by molar-refractivity contribution is 5.76. The van der Waals surface area contributed by atoms with Gasteiger partial charge in [0.1, 0.15) is 17.3 Å². The Kier molecular flexibility index (Phi) is 3.69. The van der Waals surface area contributed by atoms with Crippen molar-refractivity contribution in [2.24, 2.45) is 7.05 Å². The second kappa shape index (κ2) is 5.68. The van der Waals surface area contributed by atoms with Gasteiger partial charge in [-0.05, 0) is 24.3 Å². The van der Waals surface area contributed by atoms with Crippen molar-refractivity contribution in [2.75, 3.05) is 11.9 Å². The van der Waals surface area contributed by atoms with Crippen LogP contribution < -0.4 is 4.90 Å². The van der Waals surface area contributed by atoms with Gasteiger partial charge in [-0.3, -0.25) is 10.1 Å². The largest absolute Gasteiger partial charge is 0.362 e. The molecular formula is C16H15FN4O2. The van der Waals surface area contributed by atoms with Gasteiger partial charge < -0.3 is 9.47 Å². The molecule has 7 heteroatoms. The zero-order valence-electron chi connectivity index (χ0n) is 12.7. The third-order valence-corrected chi connectivity index (χ3v) is 3.80. The predicted molar refractivity (Wildman–Crippen MR) is 85.9 cm³/mol. The maximum absolute atomic E-state index is 13.3. The molecule has 2 aromatic carbocycles. The molecule has 0 atom stereocenters. The van der Waals surface area contributed by atoms with E-state index in [1.54, 1.807) is 11.9 Å². The van der Waals surface area contributed by atoms with Crippen LogP contribution in [0.1, 0.15) is 5.82 Å². The maximum Gasteiger partial charge on any atom is 0.295 e. The monoisotopic (exact) mass is 314 g/mol. The number of rotatable bonds is 4. The second-order valence-corrected chi connectivity index (χ2v) is 5.32. The van der Waals surface area contributed by atoms with Crippen LogP contribution >= 0.6 is 0 Å². The molecular weight excluding hydrogens is 299 g/mol. The third kappa shape index (κ3) is 2.73. The van der Waals surface area contributed by atoms with Crippen molar-refractivity contribution in [2.45, 2.75) is 6.54 Å². The smallest absolute Gasteiger partial charge is 0.295 e. The summed E-state index contributed by atoms with van der Waals surface area (Å²) in [4.78, 5) is 16.8. The highest BCUT2D eigenvalue weighted by atomic mass is 19.1. The van der Waals surface area contributed by atoms with Crippen LogP contribution in [0.3, 0.4) is 0 Å². The Morgan fingerprint density at radius 2 is 2.04 bits per heavy atom. The van der Waals surface area contributed by atoms with Crippen molar-refractivity contribution in [3.8, 4) is 0 Å². The molecule has 0 fully saturated rings. The van der Waals surface area contributed by atoms with Gasteiger partial charge in [-0.15, -0.1) is 0 Å². The third-order valence-electron chi connectivity index (χ3n) is 3.80. The normalized spacial score (nSPS) is 10.9. The number of fused-ring (bicyclic) bond motifs is 1. The topological polar surface area (TPSA) is 64.2 Å². The van der Waals surface area contributed by atoms with Crippen molar-refractivity contribution < 1.29 is 9.31 Å². The Balaban J connectivity index is 1.96. The minimum atomic E-state index is -0.628. The fourth-order valence-corrected chi connectivity index (χ4v) is 2.60. The van der Waals surface area contributed by atoms with Gasteiger partial charge in [-0.25, -0.2) is 9.37 Å². The first-order valence-electron chi connectivity index (χ1n) is 7.03. The molecule has 3 aromatic rings. The van der Waals surface area contributed by atoms with E-state index in [0.717, 1.165) is 22.9 Å². The molecule has 0 aliphatic heterocycles. The van der Waals surface area contributed by atoms with Gasteiger partial charge in [0, 0.05) is 14.1 Å². The number of aromatic nitrogens is 2. The fourth-order valence-electron chi connectivity index (χ4n) is 2.60. The number of hydrogen-bond acceptors (Lipinski definition) is 4. The molecule has 23 heavy (non-hydrogen) atoms. The number of aryl methyl sites for hydroxylation is 1. The van der Waals surface area contributed by atoms with E-state index in [1.807, 2.05) is 35.9 Å². The number of nitro groups is 1. The summed E-state index contributed by atoms with van der Waals surface area (Å²) < 4.78 is 15.2. The Labute approximate surface area is 131 Å². The summed E-state index contributed by atoms with van der Waals surface area (Å²) in [6, 6.07) is 11.3. The molecule has 0 amide bonds. The van der Waals surface area contributed by atoms with Crippen LogP contribution in [0.5, 0.6) is 0 Å². The average Bonchev–Trinajstić information content (AvgIpc) is 2.83. The lowest BCUT2D eigenvalue weighted by molar-refractivity contribution is -0.384. The number of imidazole rings is 1. The molecule has 1 heterocycles. The summed E-state index contributed by atoms with van der Waals surface area (Å²) in [5.41, 5.74) is 1.95. The first-order chi connectivity index (χ1) is 11.0. The highest BCUT2D eigenvalue weighted by Gasteiger charge is 2.19. The molecule has 0 aliphatic carbocycles. The number of halogens is 1. The van der Waals surface area contributed by atoms with Crippen molar-refractivity contribution >= 4 is 22.4 Å². The van der Waals surface area contributed by atoms with Crippen LogP contribution in [-0.2, 0) is 13.6 Å². The summed E-state index contributed by atoms with van der Waals surface area (Å²) in [7, 11) is 3.62. The van der Waals surface area contributed by atoms with Gasteiger partial charge in [0.25, 0.3) is 5.69 Å². The molecule has 0 bridgehead atoms. The van der Waals surface area contributed by atoms with Crippen molar-refractivity contribution in [1.29, 1.82) is 0 Å². The molecule has 0 N–H and O–H groups in total. The molecule has 0 unspecified atom stereocenters. The van der Waals surface area contributed by atoms with E-state index in [4.69, 9.17) is 0 Å². The van der Waals surface area contributed by atoms with Crippen LogP contribution in [0.2, 0.25) is 0 Å². The molecule has 1 aromatic heterocycles. The molecule has 0 saturated heterocycles. The van der Waals surface area contributed by atoms with Crippen molar-refractivity contribution in [1.82, 2.24) is 9.55 Å². The molecule has 118 valence electrons. The summed E-state index contributed by atoms with van der Waals surface area (Å²) in [6.45, 7) is 0.373. The summed E-state index contributed by atoms with van der Waals surface area (Å²) in [5.74, 6) is 0.143. The Morgan fingerprint density at radius 3 is 2.74 bits per heavy atom. The van der Waals surface area contributed by atoms with Gasteiger partial charge in [0.15, 0.2) is 0 Å². The van der Waals surface area contributed by atoms with E-state index >= 15 is 0 Å². The summed E-state index contributed by atoms with van der Waals surface area (Å²) in [6.07, 6.45) is 0. The molecule has 3 rings (SSSR count). The summed E-state index contributed by atoms with van der Waals surface area (Å²) in [5, 5.41) is 11.1. The molecule has 0 saturated carbocycles. The second-order valence-electron chi connectivity index (χ2n) is 5.32. The Morgan fingerprint density at radius 1 is 1.30 bits per heavy atom.